The molecule has 8 nitrogen and oxygen atoms in total. The first kappa shape index (κ1) is 16.5. The third-order valence-corrected chi connectivity index (χ3v) is 4.47. The monoisotopic (exact) mass is 353 g/mol. The van der Waals surface area contributed by atoms with Crippen molar-refractivity contribution in [1.82, 2.24) is 19.7 Å². The summed E-state index contributed by atoms with van der Waals surface area (Å²) in [5.41, 5.74) is 0.247. The highest BCUT2D eigenvalue weighted by atomic mass is 16.5. The van der Waals surface area contributed by atoms with Crippen LogP contribution in [0.4, 0.5) is 5.95 Å². The number of benzene rings is 1. The van der Waals surface area contributed by atoms with E-state index in [4.69, 9.17) is 4.74 Å². The molecular weight excluding hydrogens is 334 g/mol. The Kier molecular flexibility index (Phi) is 4.26. The average molecular weight is 353 g/mol. The molecule has 2 heterocycles. The van der Waals surface area contributed by atoms with E-state index in [2.05, 4.69) is 20.5 Å². The molecule has 1 fully saturated rings. The fraction of sp³-hybridized carbons (Fsp3) is 0.333. The number of rotatable bonds is 6. The number of nitrogens with zero attached hydrogens (tertiary/aromatic N) is 3. The van der Waals surface area contributed by atoms with Crippen LogP contribution in [0.15, 0.2) is 35.3 Å². The van der Waals surface area contributed by atoms with Crippen LogP contribution in [0.25, 0.3) is 10.8 Å². The van der Waals surface area contributed by atoms with Gasteiger partial charge in [0.1, 0.15) is 5.82 Å². The first-order valence-corrected chi connectivity index (χ1v) is 8.52. The van der Waals surface area contributed by atoms with E-state index in [9.17, 15) is 9.59 Å². The van der Waals surface area contributed by atoms with Crippen LogP contribution in [0.5, 0.6) is 0 Å². The lowest BCUT2D eigenvalue weighted by atomic mass is 10.1. The fourth-order valence-electron chi connectivity index (χ4n) is 2.92. The van der Waals surface area contributed by atoms with Crippen LogP contribution in [0.3, 0.4) is 0 Å². The highest BCUT2D eigenvalue weighted by molar-refractivity contribution is 6.12. The largest absolute Gasteiger partial charge is 0.383 e. The number of aromatic nitrogens is 4. The predicted octanol–water partition coefficient (Wildman–Crippen LogP) is 1.90. The summed E-state index contributed by atoms with van der Waals surface area (Å²) in [6, 6.07) is 7.06. The minimum absolute atomic E-state index is 0.150. The predicted molar refractivity (Wildman–Crippen MR) is 96.4 cm³/mol. The zero-order valence-corrected chi connectivity index (χ0v) is 14.4. The summed E-state index contributed by atoms with van der Waals surface area (Å²) < 4.78 is 6.55. The van der Waals surface area contributed by atoms with Crippen molar-refractivity contribution in [3.63, 3.8) is 0 Å². The van der Waals surface area contributed by atoms with Gasteiger partial charge in [-0.25, -0.2) is 0 Å². The van der Waals surface area contributed by atoms with Crippen LogP contribution in [-0.4, -0.2) is 39.4 Å². The molecule has 0 bridgehead atoms. The summed E-state index contributed by atoms with van der Waals surface area (Å²) in [5, 5.41) is 10.7. The number of carbonyl (C=O) groups excluding carboxylic acids is 1. The smallest absolute Gasteiger partial charge is 0.260 e. The van der Waals surface area contributed by atoms with Crippen LogP contribution >= 0.6 is 0 Å². The standard InChI is InChI=1S/C18H19N5O3/c1-26-9-8-23-10-14(12-4-2-3-5-13(12)17(23)25)16(24)20-18-19-15(21-22-18)11-6-7-11/h2-5,10-11H,6-9H2,1H3,(H2,19,20,21,22,24). The van der Waals surface area contributed by atoms with Gasteiger partial charge in [0.2, 0.25) is 5.95 Å². The maximum absolute atomic E-state index is 12.8. The van der Waals surface area contributed by atoms with Crippen LogP contribution in [0.1, 0.15) is 34.9 Å². The number of ether oxygens (including phenoxy) is 1. The Bertz CT molecular complexity index is 1020. The molecule has 1 saturated carbocycles. The van der Waals surface area contributed by atoms with Crippen molar-refractivity contribution < 1.29 is 9.53 Å². The number of fused-ring (bicyclic) bond motifs is 1. The first-order valence-electron chi connectivity index (χ1n) is 8.52. The summed E-state index contributed by atoms with van der Waals surface area (Å²) >= 11 is 0. The van der Waals surface area contributed by atoms with Crippen molar-refractivity contribution in [2.24, 2.45) is 0 Å². The first-order chi connectivity index (χ1) is 12.7. The Morgan fingerprint density at radius 2 is 2.12 bits per heavy atom. The van der Waals surface area contributed by atoms with Crippen molar-refractivity contribution in [1.29, 1.82) is 0 Å². The van der Waals surface area contributed by atoms with E-state index in [1.54, 1.807) is 37.6 Å². The summed E-state index contributed by atoms with van der Waals surface area (Å²) in [6.07, 6.45) is 3.75. The van der Waals surface area contributed by atoms with Crippen molar-refractivity contribution in [3.8, 4) is 0 Å². The van der Waals surface area contributed by atoms with Crippen LogP contribution in [0, 0.1) is 0 Å². The maximum atomic E-state index is 12.8. The van der Waals surface area contributed by atoms with Gasteiger partial charge in [0.25, 0.3) is 11.5 Å². The van der Waals surface area contributed by atoms with Gasteiger partial charge in [0, 0.05) is 36.5 Å². The second-order valence-corrected chi connectivity index (χ2v) is 6.35. The van der Waals surface area contributed by atoms with Gasteiger partial charge < -0.3 is 9.30 Å². The molecule has 0 spiro atoms. The lowest BCUT2D eigenvalue weighted by Crippen LogP contribution is -2.25. The molecular formula is C18H19N5O3. The molecule has 0 radical (unpaired) electrons. The molecule has 3 aromatic rings. The van der Waals surface area contributed by atoms with E-state index < -0.39 is 0 Å². The maximum Gasteiger partial charge on any atom is 0.260 e. The lowest BCUT2D eigenvalue weighted by Gasteiger charge is -2.11. The van der Waals surface area contributed by atoms with Gasteiger partial charge in [0.05, 0.1) is 12.2 Å². The summed E-state index contributed by atoms with van der Waals surface area (Å²) in [4.78, 5) is 29.7. The van der Waals surface area contributed by atoms with Gasteiger partial charge in [-0.15, -0.1) is 5.10 Å². The number of hydrogen-bond donors (Lipinski definition) is 2. The normalized spacial score (nSPS) is 13.9. The Labute approximate surface area is 149 Å². The molecule has 0 unspecified atom stereocenters. The van der Waals surface area contributed by atoms with E-state index in [0.29, 0.717) is 35.4 Å². The number of hydrogen-bond acceptors (Lipinski definition) is 5. The molecule has 4 rings (SSSR count). The zero-order chi connectivity index (χ0) is 18.1. The number of nitrogens with one attached hydrogen (secondary N) is 2. The van der Waals surface area contributed by atoms with Crippen molar-refractivity contribution in [3.05, 3.63) is 52.2 Å². The Hall–Kier alpha value is -3.00. The summed E-state index contributed by atoms with van der Waals surface area (Å²) in [5.74, 6) is 1.12. The number of anilines is 1. The van der Waals surface area contributed by atoms with Crippen molar-refractivity contribution in [2.75, 3.05) is 19.0 Å². The minimum Gasteiger partial charge on any atom is -0.383 e. The molecule has 26 heavy (non-hydrogen) atoms. The average Bonchev–Trinajstić information content (AvgIpc) is 3.41. The highest BCUT2D eigenvalue weighted by Gasteiger charge is 2.27. The molecule has 1 amide bonds. The summed E-state index contributed by atoms with van der Waals surface area (Å²) in [6.45, 7) is 0.748. The lowest BCUT2D eigenvalue weighted by molar-refractivity contribution is 0.102. The minimum atomic E-state index is -0.353. The second kappa shape index (κ2) is 6.72. The van der Waals surface area contributed by atoms with Gasteiger partial charge >= 0.3 is 0 Å². The van der Waals surface area contributed by atoms with Gasteiger partial charge in [0.15, 0.2) is 0 Å². The molecule has 2 aromatic heterocycles. The number of H-pyrrole nitrogens is 1. The number of methoxy groups -OCH3 is 1. The van der Waals surface area contributed by atoms with Gasteiger partial charge in [-0.2, -0.15) is 4.98 Å². The number of pyridine rings is 1. The Balaban J connectivity index is 1.69. The zero-order valence-electron chi connectivity index (χ0n) is 14.4. The number of carbonyl (C=O) groups is 1. The molecule has 0 atom stereocenters. The third kappa shape index (κ3) is 3.11. The van der Waals surface area contributed by atoms with Crippen LogP contribution < -0.4 is 10.9 Å². The van der Waals surface area contributed by atoms with Crippen molar-refractivity contribution in [2.45, 2.75) is 25.3 Å². The van der Waals surface area contributed by atoms with E-state index in [1.165, 1.54) is 4.57 Å². The summed E-state index contributed by atoms with van der Waals surface area (Å²) in [7, 11) is 1.57. The van der Waals surface area contributed by atoms with Crippen LogP contribution in [0.2, 0.25) is 0 Å². The molecule has 1 aromatic carbocycles. The Morgan fingerprint density at radius 1 is 1.35 bits per heavy atom. The molecule has 0 aliphatic heterocycles. The van der Waals surface area contributed by atoms with Gasteiger partial charge in [-0.3, -0.25) is 20.0 Å². The molecule has 2 N–H and O–H groups in total. The van der Waals surface area contributed by atoms with Crippen LogP contribution in [-0.2, 0) is 11.3 Å². The molecule has 1 aliphatic rings. The molecule has 0 saturated heterocycles. The van der Waals surface area contributed by atoms with Gasteiger partial charge in [-0.1, -0.05) is 18.2 Å². The number of amides is 1. The third-order valence-electron chi connectivity index (χ3n) is 4.47. The Morgan fingerprint density at radius 3 is 2.85 bits per heavy atom. The second-order valence-electron chi connectivity index (χ2n) is 6.35. The number of aromatic amines is 1. The molecule has 134 valence electrons. The molecule has 1 aliphatic carbocycles. The van der Waals surface area contributed by atoms with Crippen molar-refractivity contribution >= 4 is 22.6 Å². The van der Waals surface area contributed by atoms with E-state index in [0.717, 1.165) is 18.7 Å². The quantitative estimate of drug-likeness (QED) is 0.705. The van der Waals surface area contributed by atoms with E-state index >= 15 is 0 Å². The van der Waals surface area contributed by atoms with E-state index in [-0.39, 0.29) is 17.4 Å². The highest BCUT2D eigenvalue weighted by Crippen LogP contribution is 2.38. The fourth-order valence-corrected chi connectivity index (χ4v) is 2.92. The van der Waals surface area contributed by atoms with E-state index in [1.807, 2.05) is 0 Å². The molecule has 8 heteroatoms. The topological polar surface area (TPSA) is 102 Å². The van der Waals surface area contributed by atoms with Gasteiger partial charge in [-0.05, 0) is 18.9 Å². The SMILES string of the molecule is COCCn1cc(C(=O)Nc2n[nH]c(C3CC3)n2)c2ccccc2c1=O.